The molecule has 1 N–H and O–H groups in total. The van der Waals surface area contributed by atoms with Crippen molar-refractivity contribution in [2.45, 2.75) is 38.3 Å². The topological polar surface area (TPSA) is 47.0 Å². The summed E-state index contributed by atoms with van der Waals surface area (Å²) in [5.41, 5.74) is 3.68. The van der Waals surface area contributed by atoms with Crippen molar-refractivity contribution < 1.29 is 4.74 Å². The Kier molecular flexibility index (Phi) is 4.15. The van der Waals surface area contributed by atoms with Crippen LogP contribution in [-0.2, 0) is 6.54 Å². The number of ether oxygens (including phenoxy) is 1. The summed E-state index contributed by atoms with van der Waals surface area (Å²) < 4.78 is 5.22. The number of hydrogen-bond donors (Lipinski definition) is 1. The molecule has 4 nitrogen and oxygen atoms in total. The smallest absolute Gasteiger partial charge is 0.236 e. The molecule has 1 aliphatic rings. The van der Waals surface area contributed by atoms with Gasteiger partial charge >= 0.3 is 0 Å². The van der Waals surface area contributed by atoms with Crippen LogP contribution in [0.15, 0.2) is 36.7 Å². The van der Waals surface area contributed by atoms with E-state index in [1.807, 2.05) is 0 Å². The van der Waals surface area contributed by atoms with Crippen molar-refractivity contribution in [2.75, 3.05) is 7.11 Å². The van der Waals surface area contributed by atoms with E-state index in [2.05, 4.69) is 46.5 Å². The molecule has 1 aromatic heterocycles. The minimum absolute atomic E-state index is 0.558. The normalized spacial score (nSPS) is 20.9. The molecule has 0 radical (unpaired) electrons. The first kappa shape index (κ1) is 14.0. The number of nitrogens with zero attached hydrogens (tertiary/aromatic N) is 2. The second-order valence-corrected chi connectivity index (χ2v) is 5.67. The van der Waals surface area contributed by atoms with Crippen molar-refractivity contribution in [1.82, 2.24) is 15.3 Å². The van der Waals surface area contributed by atoms with Gasteiger partial charge in [-0.05, 0) is 31.2 Å². The van der Waals surface area contributed by atoms with Crippen molar-refractivity contribution >= 4 is 0 Å². The van der Waals surface area contributed by atoms with Gasteiger partial charge in [-0.1, -0.05) is 29.8 Å². The van der Waals surface area contributed by atoms with Crippen molar-refractivity contribution in [1.29, 1.82) is 0 Å². The van der Waals surface area contributed by atoms with Crippen LogP contribution in [0.2, 0.25) is 0 Å². The Hall–Kier alpha value is -1.94. The van der Waals surface area contributed by atoms with Crippen molar-refractivity contribution in [3.05, 3.63) is 53.5 Å². The number of aryl methyl sites for hydroxylation is 1. The Labute approximate surface area is 125 Å². The van der Waals surface area contributed by atoms with Gasteiger partial charge in [0.05, 0.1) is 7.11 Å². The number of aromatic nitrogens is 2. The lowest BCUT2D eigenvalue weighted by molar-refractivity contribution is 0.286. The predicted octanol–water partition coefficient (Wildman–Crippen LogP) is 2.83. The third-order valence-electron chi connectivity index (χ3n) is 4.14. The van der Waals surface area contributed by atoms with E-state index >= 15 is 0 Å². The van der Waals surface area contributed by atoms with E-state index in [1.54, 1.807) is 19.5 Å². The number of nitrogens with one attached hydrogen (secondary N) is 1. The molecule has 0 bridgehead atoms. The summed E-state index contributed by atoms with van der Waals surface area (Å²) in [7, 11) is 1.63. The summed E-state index contributed by atoms with van der Waals surface area (Å²) in [4.78, 5) is 8.49. The number of rotatable bonds is 5. The highest BCUT2D eigenvalue weighted by molar-refractivity contribution is 5.28. The average molecular weight is 283 g/mol. The van der Waals surface area contributed by atoms with Gasteiger partial charge in [0.2, 0.25) is 5.88 Å². The van der Waals surface area contributed by atoms with Crippen LogP contribution in [0, 0.1) is 6.92 Å². The summed E-state index contributed by atoms with van der Waals surface area (Å²) in [6, 6.07) is 9.39. The lowest BCUT2D eigenvalue weighted by Crippen LogP contribution is -2.39. The molecule has 1 saturated carbocycles. The van der Waals surface area contributed by atoms with Crippen molar-refractivity contribution in [2.24, 2.45) is 0 Å². The highest BCUT2D eigenvalue weighted by Gasteiger charge is 2.30. The third kappa shape index (κ3) is 3.22. The van der Waals surface area contributed by atoms with Crippen LogP contribution in [0.1, 0.15) is 35.6 Å². The predicted molar refractivity (Wildman–Crippen MR) is 82.4 cm³/mol. The summed E-state index contributed by atoms with van der Waals surface area (Å²) in [5, 5.41) is 3.54. The van der Waals surface area contributed by atoms with E-state index < -0.39 is 0 Å². The summed E-state index contributed by atoms with van der Waals surface area (Å²) in [6.45, 7) is 2.86. The highest BCUT2D eigenvalue weighted by atomic mass is 16.5. The Bertz CT molecular complexity index is 608. The quantitative estimate of drug-likeness (QED) is 0.916. The van der Waals surface area contributed by atoms with E-state index in [4.69, 9.17) is 4.74 Å². The zero-order valence-corrected chi connectivity index (χ0v) is 12.5. The number of hydrogen-bond acceptors (Lipinski definition) is 4. The molecule has 3 rings (SSSR count). The molecule has 0 saturated heterocycles. The van der Waals surface area contributed by atoms with E-state index in [1.165, 1.54) is 24.0 Å². The molecule has 1 heterocycles. The van der Waals surface area contributed by atoms with Gasteiger partial charge in [-0.2, -0.15) is 0 Å². The van der Waals surface area contributed by atoms with Crippen LogP contribution in [0.25, 0.3) is 0 Å². The molecule has 0 spiro atoms. The van der Waals surface area contributed by atoms with Gasteiger partial charge in [-0.15, -0.1) is 0 Å². The molecule has 0 atom stereocenters. The van der Waals surface area contributed by atoms with Crippen molar-refractivity contribution in [3.63, 3.8) is 0 Å². The minimum Gasteiger partial charge on any atom is -0.480 e. The maximum absolute atomic E-state index is 5.22. The fourth-order valence-electron chi connectivity index (χ4n) is 2.87. The van der Waals surface area contributed by atoms with Gasteiger partial charge in [0.1, 0.15) is 5.69 Å². The van der Waals surface area contributed by atoms with Gasteiger partial charge in [0, 0.05) is 25.0 Å². The zero-order chi connectivity index (χ0) is 14.7. The maximum Gasteiger partial charge on any atom is 0.236 e. The summed E-state index contributed by atoms with van der Waals surface area (Å²) in [6.07, 6.45) is 5.73. The van der Waals surface area contributed by atoms with E-state index in [-0.39, 0.29) is 0 Å². The van der Waals surface area contributed by atoms with E-state index in [0.29, 0.717) is 24.4 Å². The van der Waals surface area contributed by atoms with Crippen LogP contribution >= 0.6 is 0 Å². The second kappa shape index (κ2) is 6.22. The second-order valence-electron chi connectivity index (χ2n) is 5.67. The fraction of sp³-hybridized carbons (Fsp3) is 0.412. The van der Waals surface area contributed by atoms with E-state index in [9.17, 15) is 0 Å². The largest absolute Gasteiger partial charge is 0.480 e. The molecule has 21 heavy (non-hydrogen) atoms. The standard InChI is InChI=1S/C17H21N3O/c1-12-4-3-5-13(8-12)14-9-15(10-14)20-11-16-17(21-2)19-7-6-18-16/h3-8,14-15,20H,9-11H2,1-2H3. The molecule has 2 aromatic rings. The lowest BCUT2D eigenvalue weighted by atomic mass is 9.75. The Balaban J connectivity index is 1.51. The number of methoxy groups -OCH3 is 1. The SMILES string of the molecule is COc1nccnc1CNC1CC(c2cccc(C)c2)C1. The van der Waals surface area contributed by atoms with Crippen LogP contribution in [0.4, 0.5) is 0 Å². The van der Waals surface area contributed by atoms with E-state index in [0.717, 1.165) is 5.69 Å². The molecule has 110 valence electrons. The molecular weight excluding hydrogens is 262 g/mol. The lowest BCUT2D eigenvalue weighted by Gasteiger charge is -2.36. The van der Waals surface area contributed by atoms with Crippen LogP contribution in [0.3, 0.4) is 0 Å². The molecule has 1 aromatic carbocycles. The van der Waals surface area contributed by atoms with Gasteiger partial charge in [0.15, 0.2) is 0 Å². The summed E-state index contributed by atoms with van der Waals surface area (Å²) in [5.74, 6) is 1.30. The molecule has 0 aliphatic heterocycles. The zero-order valence-electron chi connectivity index (χ0n) is 12.5. The minimum atomic E-state index is 0.558. The fourth-order valence-corrected chi connectivity index (χ4v) is 2.87. The molecule has 1 fully saturated rings. The van der Waals surface area contributed by atoms with Gasteiger partial charge in [-0.3, -0.25) is 4.98 Å². The van der Waals surface area contributed by atoms with Crippen LogP contribution < -0.4 is 10.1 Å². The van der Waals surface area contributed by atoms with Crippen LogP contribution in [0.5, 0.6) is 5.88 Å². The first-order valence-electron chi connectivity index (χ1n) is 7.40. The van der Waals surface area contributed by atoms with Gasteiger partial charge in [-0.25, -0.2) is 4.98 Å². The first-order valence-corrected chi connectivity index (χ1v) is 7.40. The van der Waals surface area contributed by atoms with Gasteiger partial charge < -0.3 is 10.1 Å². The van der Waals surface area contributed by atoms with Crippen molar-refractivity contribution in [3.8, 4) is 5.88 Å². The highest BCUT2D eigenvalue weighted by Crippen LogP contribution is 2.37. The molecular formula is C17H21N3O. The number of benzene rings is 1. The average Bonchev–Trinajstić information content (AvgIpc) is 2.46. The third-order valence-corrected chi connectivity index (χ3v) is 4.14. The molecule has 0 amide bonds. The first-order chi connectivity index (χ1) is 10.3. The molecule has 4 heteroatoms. The molecule has 0 unspecified atom stereocenters. The summed E-state index contributed by atoms with van der Waals surface area (Å²) >= 11 is 0. The maximum atomic E-state index is 5.22. The monoisotopic (exact) mass is 283 g/mol. The molecule has 1 aliphatic carbocycles. The van der Waals surface area contributed by atoms with Crippen LogP contribution in [-0.4, -0.2) is 23.1 Å². The Morgan fingerprint density at radius 3 is 2.81 bits per heavy atom. The Morgan fingerprint density at radius 2 is 2.05 bits per heavy atom. The Morgan fingerprint density at radius 1 is 1.24 bits per heavy atom. The van der Waals surface area contributed by atoms with Gasteiger partial charge in [0.25, 0.3) is 0 Å².